The molecule has 0 aliphatic carbocycles. The second-order valence-corrected chi connectivity index (χ2v) is 3.13. The number of hydrogen-bond donors (Lipinski definition) is 0. The van der Waals surface area contributed by atoms with E-state index < -0.39 is 10.1 Å². The van der Waals surface area contributed by atoms with E-state index in [4.69, 9.17) is 0 Å². The van der Waals surface area contributed by atoms with Gasteiger partial charge in [0, 0.05) is 0 Å². The van der Waals surface area contributed by atoms with E-state index in [1.807, 2.05) is 0 Å². The van der Waals surface area contributed by atoms with Gasteiger partial charge in [-0.2, -0.15) is 0 Å². The molecule has 0 aromatic rings. The molecule has 0 saturated carbocycles. The van der Waals surface area contributed by atoms with Gasteiger partial charge in [0.1, 0.15) is 0 Å². The second kappa shape index (κ2) is 1.68. The van der Waals surface area contributed by atoms with Crippen molar-refractivity contribution in [3.05, 3.63) is 0 Å². The van der Waals surface area contributed by atoms with Gasteiger partial charge in [0.15, 0.2) is 0 Å². The fourth-order valence-corrected chi connectivity index (χ4v) is 1.04. The number of ether oxygens (including phenoxy) is 1. The first-order chi connectivity index (χ1) is 3.58. The Labute approximate surface area is 47.2 Å². The molecule has 1 aliphatic heterocycles. The fraction of sp³-hybridized carbons (Fsp3) is 1.00. The molecule has 0 bridgehead atoms. The predicted octanol–water partition coefficient (Wildman–Crippen LogP) is -1.07. The molecule has 8 heavy (non-hydrogen) atoms. The quantitative estimate of drug-likeness (QED) is 0.359. The molecule has 4 nitrogen and oxygen atoms in total. The normalized spacial score (nSPS) is 27.9. The molecule has 1 aliphatic rings. The minimum absolute atomic E-state index is 0.308. The first-order valence-corrected chi connectivity index (χ1v) is 3.71. The molecule has 48 valence electrons. The lowest BCUT2D eigenvalue weighted by atomic mass is 10.6. The summed E-state index contributed by atoms with van der Waals surface area (Å²) in [5, 5.41) is 0. The van der Waals surface area contributed by atoms with Gasteiger partial charge in [-0.05, 0) is 0 Å². The van der Waals surface area contributed by atoms with Crippen LogP contribution in [0.3, 0.4) is 0 Å². The van der Waals surface area contributed by atoms with Gasteiger partial charge in [0.2, 0.25) is 0 Å². The summed E-state index contributed by atoms with van der Waals surface area (Å²) in [6.45, 7) is 0.418. The van der Waals surface area contributed by atoms with Gasteiger partial charge in [0.05, 0.1) is 28.6 Å². The van der Waals surface area contributed by atoms with Crippen LogP contribution in [0, 0.1) is 0 Å². The molecule has 1 saturated heterocycles. The molecular weight excluding hydrogens is 132 g/mol. The van der Waals surface area contributed by atoms with Crippen molar-refractivity contribution in [1.29, 1.82) is 0 Å². The number of epoxide rings is 1. The van der Waals surface area contributed by atoms with E-state index in [0.29, 0.717) is 6.61 Å². The first kappa shape index (κ1) is 6.00. The summed E-state index contributed by atoms with van der Waals surface area (Å²) in [5.41, 5.74) is 0. The Morgan fingerprint density at radius 1 is 1.75 bits per heavy atom. The van der Waals surface area contributed by atoms with Crippen molar-refractivity contribution in [3.8, 4) is 0 Å². The highest BCUT2D eigenvalue weighted by atomic mass is 32.2. The highest BCUT2D eigenvalue weighted by Gasteiger charge is 2.24. The summed E-state index contributed by atoms with van der Waals surface area (Å²) >= 11 is 0. The van der Waals surface area contributed by atoms with Crippen molar-refractivity contribution >= 4 is 10.1 Å². The van der Waals surface area contributed by atoms with Gasteiger partial charge in [-0.15, -0.1) is 0 Å². The second-order valence-electron chi connectivity index (χ2n) is 1.68. The largest absolute Gasteiger partial charge is 0.748 e. The monoisotopic (exact) mass is 137 g/mol. The van der Waals surface area contributed by atoms with Gasteiger partial charge in [0.25, 0.3) is 0 Å². The van der Waals surface area contributed by atoms with Crippen molar-refractivity contribution < 1.29 is 17.7 Å². The van der Waals surface area contributed by atoms with Crippen LogP contribution in [0.1, 0.15) is 0 Å². The van der Waals surface area contributed by atoms with Crippen LogP contribution in [0.25, 0.3) is 0 Å². The van der Waals surface area contributed by atoms with Crippen LogP contribution in [0.5, 0.6) is 0 Å². The highest BCUT2D eigenvalue weighted by Crippen LogP contribution is 2.09. The predicted molar refractivity (Wildman–Crippen MR) is 24.3 cm³/mol. The molecule has 1 unspecified atom stereocenters. The van der Waals surface area contributed by atoms with Crippen LogP contribution in [-0.2, 0) is 14.9 Å². The summed E-state index contributed by atoms with van der Waals surface area (Å²) in [7, 11) is -4.04. The lowest BCUT2D eigenvalue weighted by Crippen LogP contribution is -2.09. The summed E-state index contributed by atoms with van der Waals surface area (Å²) < 4.78 is 34.0. The molecule has 0 radical (unpaired) electrons. The van der Waals surface area contributed by atoms with Gasteiger partial charge in [-0.1, -0.05) is 0 Å². The standard InChI is InChI=1S/C3H6O4S/c4-8(5,6)2-3-1-7-3/h3H,1-2H2,(H,4,5,6)/p-1. The fourth-order valence-electron chi connectivity index (χ4n) is 0.392. The molecule has 0 spiro atoms. The average molecular weight is 137 g/mol. The molecule has 1 fully saturated rings. The van der Waals surface area contributed by atoms with E-state index in [2.05, 4.69) is 4.74 Å². The maximum atomic E-state index is 9.85. The Balaban J connectivity index is 2.38. The maximum Gasteiger partial charge on any atom is 0.0972 e. The van der Waals surface area contributed by atoms with Crippen molar-refractivity contribution in [2.45, 2.75) is 6.10 Å². The zero-order chi connectivity index (χ0) is 6.20. The Bertz CT molecular complexity index is 166. The third-order valence-corrected chi connectivity index (χ3v) is 1.57. The molecular formula is C3H5O4S-. The van der Waals surface area contributed by atoms with Crippen molar-refractivity contribution in [3.63, 3.8) is 0 Å². The van der Waals surface area contributed by atoms with E-state index in [-0.39, 0.29) is 11.9 Å². The Kier molecular flexibility index (Phi) is 1.26. The molecule has 1 heterocycles. The summed E-state index contributed by atoms with van der Waals surface area (Å²) in [6.07, 6.45) is -0.308. The zero-order valence-corrected chi connectivity index (χ0v) is 4.85. The molecule has 0 aromatic heterocycles. The van der Waals surface area contributed by atoms with Crippen LogP contribution in [0.2, 0.25) is 0 Å². The molecule has 5 heteroatoms. The van der Waals surface area contributed by atoms with E-state index in [9.17, 15) is 13.0 Å². The van der Waals surface area contributed by atoms with Crippen molar-refractivity contribution in [2.75, 3.05) is 12.4 Å². The van der Waals surface area contributed by atoms with Crippen LogP contribution >= 0.6 is 0 Å². The number of rotatable bonds is 2. The number of hydrogen-bond acceptors (Lipinski definition) is 4. The van der Waals surface area contributed by atoms with E-state index >= 15 is 0 Å². The first-order valence-electron chi connectivity index (χ1n) is 2.13. The van der Waals surface area contributed by atoms with Crippen molar-refractivity contribution in [2.24, 2.45) is 0 Å². The lowest BCUT2D eigenvalue weighted by molar-refractivity contribution is 0.409. The Hall–Kier alpha value is -0.130. The minimum Gasteiger partial charge on any atom is -0.748 e. The van der Waals surface area contributed by atoms with Crippen LogP contribution in [-0.4, -0.2) is 31.4 Å². The van der Waals surface area contributed by atoms with E-state index in [1.165, 1.54) is 0 Å². The Morgan fingerprint density at radius 3 is 2.38 bits per heavy atom. The SMILES string of the molecule is O=S(=O)([O-])CC1CO1. The maximum absolute atomic E-state index is 9.85. The van der Waals surface area contributed by atoms with E-state index in [0.717, 1.165) is 0 Å². The van der Waals surface area contributed by atoms with Crippen LogP contribution in [0.4, 0.5) is 0 Å². The molecule has 1 rings (SSSR count). The third-order valence-electron chi connectivity index (χ3n) is 0.792. The summed E-state index contributed by atoms with van der Waals surface area (Å²) in [6, 6.07) is 0. The van der Waals surface area contributed by atoms with Gasteiger partial charge >= 0.3 is 0 Å². The summed E-state index contributed by atoms with van der Waals surface area (Å²) in [4.78, 5) is 0. The average Bonchev–Trinajstić information content (AvgIpc) is 2.12. The van der Waals surface area contributed by atoms with Gasteiger partial charge in [-0.25, -0.2) is 8.42 Å². The third kappa shape index (κ3) is 2.25. The summed E-state index contributed by atoms with van der Waals surface area (Å²) in [5.74, 6) is -0.368. The molecule has 0 aromatic carbocycles. The molecule has 0 amide bonds. The smallest absolute Gasteiger partial charge is 0.0972 e. The molecule has 1 atom stereocenters. The lowest BCUT2D eigenvalue weighted by Gasteiger charge is -2.00. The Morgan fingerprint density at radius 2 is 2.25 bits per heavy atom. The topological polar surface area (TPSA) is 69.7 Å². The van der Waals surface area contributed by atoms with Crippen LogP contribution < -0.4 is 0 Å². The molecule has 0 N–H and O–H groups in total. The van der Waals surface area contributed by atoms with Crippen LogP contribution in [0.15, 0.2) is 0 Å². The highest BCUT2D eigenvalue weighted by molar-refractivity contribution is 7.85. The zero-order valence-electron chi connectivity index (χ0n) is 4.03. The van der Waals surface area contributed by atoms with Crippen molar-refractivity contribution in [1.82, 2.24) is 0 Å². The minimum atomic E-state index is -4.04. The van der Waals surface area contributed by atoms with Gasteiger partial charge < -0.3 is 9.29 Å². The van der Waals surface area contributed by atoms with Gasteiger partial charge in [-0.3, -0.25) is 0 Å². The van der Waals surface area contributed by atoms with E-state index in [1.54, 1.807) is 0 Å².